The maximum Gasteiger partial charge on any atom is 0.418 e. The molecular weight excluding hydrogens is 337 g/mol. The lowest BCUT2D eigenvalue weighted by atomic mass is 10.1. The van der Waals surface area contributed by atoms with Crippen LogP contribution in [0.5, 0.6) is 0 Å². The van der Waals surface area contributed by atoms with Crippen LogP contribution in [0.1, 0.15) is 11.4 Å². The zero-order valence-electron chi connectivity index (χ0n) is 10.6. The summed E-state index contributed by atoms with van der Waals surface area (Å²) in [5, 5.41) is 10.4. The summed E-state index contributed by atoms with van der Waals surface area (Å²) in [5.41, 5.74) is -0.632. The highest BCUT2D eigenvalue weighted by Gasteiger charge is 2.33. The van der Waals surface area contributed by atoms with Gasteiger partial charge in [-0.2, -0.15) is 13.2 Å². The van der Waals surface area contributed by atoms with E-state index < -0.39 is 11.7 Å². The Morgan fingerprint density at radius 1 is 1.35 bits per heavy atom. The van der Waals surface area contributed by atoms with Crippen LogP contribution in [0.4, 0.5) is 18.9 Å². The standard InChI is InChI=1S/C12H12BrF3N4/c1-20-7-18-19-11(20)4-5-17-10-6-8(13)2-3-9(10)12(14,15)16/h2-3,6-7,17H,4-5H2,1H3. The second-order valence-electron chi connectivity index (χ2n) is 4.22. The molecule has 0 spiro atoms. The summed E-state index contributed by atoms with van der Waals surface area (Å²) in [6, 6.07) is 3.84. The fourth-order valence-corrected chi connectivity index (χ4v) is 2.11. The number of nitrogens with one attached hydrogen (secondary N) is 1. The van der Waals surface area contributed by atoms with Crippen molar-refractivity contribution >= 4 is 21.6 Å². The van der Waals surface area contributed by atoms with E-state index >= 15 is 0 Å². The second-order valence-corrected chi connectivity index (χ2v) is 5.14. The maximum absolute atomic E-state index is 12.9. The molecule has 0 fully saturated rings. The molecule has 4 nitrogen and oxygen atoms in total. The Bertz CT molecular complexity index is 595. The molecule has 0 aliphatic carbocycles. The molecule has 2 rings (SSSR count). The molecular formula is C12H12BrF3N4. The van der Waals surface area contributed by atoms with Crippen molar-refractivity contribution in [3.05, 3.63) is 40.4 Å². The second kappa shape index (κ2) is 5.82. The highest BCUT2D eigenvalue weighted by atomic mass is 79.9. The summed E-state index contributed by atoms with van der Waals surface area (Å²) in [5.74, 6) is 0.709. The molecule has 1 N–H and O–H groups in total. The number of alkyl halides is 3. The zero-order valence-corrected chi connectivity index (χ0v) is 12.2. The highest BCUT2D eigenvalue weighted by Crippen LogP contribution is 2.36. The first-order valence-electron chi connectivity index (χ1n) is 5.81. The van der Waals surface area contributed by atoms with Crippen molar-refractivity contribution in [2.75, 3.05) is 11.9 Å². The number of aromatic nitrogens is 3. The number of anilines is 1. The average molecular weight is 349 g/mol. The van der Waals surface area contributed by atoms with Gasteiger partial charge in [-0.3, -0.25) is 0 Å². The Kier molecular flexibility index (Phi) is 4.32. The van der Waals surface area contributed by atoms with E-state index in [2.05, 4.69) is 31.4 Å². The largest absolute Gasteiger partial charge is 0.418 e. The molecule has 1 aromatic carbocycles. The van der Waals surface area contributed by atoms with Crippen molar-refractivity contribution in [2.45, 2.75) is 12.6 Å². The van der Waals surface area contributed by atoms with Crippen molar-refractivity contribution in [3.63, 3.8) is 0 Å². The molecule has 0 atom stereocenters. The number of rotatable bonds is 4. The van der Waals surface area contributed by atoms with Gasteiger partial charge in [0.2, 0.25) is 0 Å². The van der Waals surface area contributed by atoms with Gasteiger partial charge in [-0.15, -0.1) is 10.2 Å². The van der Waals surface area contributed by atoms with Crippen LogP contribution in [-0.4, -0.2) is 21.3 Å². The molecule has 2 aromatic rings. The summed E-state index contributed by atoms with van der Waals surface area (Å²) in [6.07, 6.45) is -2.34. The Balaban J connectivity index is 2.09. The van der Waals surface area contributed by atoms with Crippen molar-refractivity contribution in [1.29, 1.82) is 0 Å². The summed E-state index contributed by atoms with van der Waals surface area (Å²) in [6.45, 7) is 0.339. The Hall–Kier alpha value is -1.57. The molecule has 108 valence electrons. The van der Waals surface area contributed by atoms with Gasteiger partial charge in [0.15, 0.2) is 0 Å². The van der Waals surface area contributed by atoms with E-state index in [0.29, 0.717) is 23.3 Å². The molecule has 0 amide bonds. The predicted molar refractivity (Wildman–Crippen MR) is 72.3 cm³/mol. The Labute approximate surface area is 122 Å². The van der Waals surface area contributed by atoms with Gasteiger partial charge in [-0.25, -0.2) is 0 Å². The maximum atomic E-state index is 12.9. The lowest BCUT2D eigenvalue weighted by molar-refractivity contribution is -0.136. The third kappa shape index (κ3) is 3.50. The average Bonchev–Trinajstić information content (AvgIpc) is 2.74. The first-order chi connectivity index (χ1) is 9.38. The van der Waals surface area contributed by atoms with E-state index in [1.54, 1.807) is 17.9 Å². The Morgan fingerprint density at radius 3 is 2.70 bits per heavy atom. The summed E-state index contributed by atoms with van der Waals surface area (Å²) < 4.78 is 40.9. The minimum absolute atomic E-state index is 0.0500. The van der Waals surface area contributed by atoms with Crippen molar-refractivity contribution in [1.82, 2.24) is 14.8 Å². The SMILES string of the molecule is Cn1cnnc1CCNc1cc(Br)ccc1C(F)(F)F. The number of aryl methyl sites for hydroxylation is 1. The fraction of sp³-hybridized carbons (Fsp3) is 0.333. The van der Waals surface area contributed by atoms with Gasteiger partial charge < -0.3 is 9.88 Å². The molecule has 0 saturated carbocycles. The molecule has 0 unspecified atom stereocenters. The lowest BCUT2D eigenvalue weighted by Crippen LogP contribution is -2.14. The van der Waals surface area contributed by atoms with Crippen molar-refractivity contribution in [2.24, 2.45) is 7.05 Å². The predicted octanol–water partition coefficient (Wildman–Crippen LogP) is 3.25. The van der Waals surface area contributed by atoms with Crippen molar-refractivity contribution in [3.8, 4) is 0 Å². The van der Waals surface area contributed by atoms with Gasteiger partial charge in [0.1, 0.15) is 12.2 Å². The number of halogens is 4. The number of hydrogen-bond acceptors (Lipinski definition) is 3. The minimum Gasteiger partial charge on any atom is -0.384 e. The van der Waals surface area contributed by atoms with E-state index in [0.717, 1.165) is 6.07 Å². The topological polar surface area (TPSA) is 42.7 Å². The molecule has 0 aliphatic rings. The summed E-state index contributed by atoms with van der Waals surface area (Å²) in [4.78, 5) is 0. The van der Waals surface area contributed by atoms with Crippen molar-refractivity contribution < 1.29 is 13.2 Å². The number of hydrogen-bond donors (Lipinski definition) is 1. The van der Waals surface area contributed by atoms with Gasteiger partial charge in [0, 0.05) is 30.2 Å². The van der Waals surface area contributed by atoms with Crippen LogP contribution in [0, 0.1) is 0 Å². The van der Waals surface area contributed by atoms with Crippen LogP contribution in [0.15, 0.2) is 29.0 Å². The van der Waals surface area contributed by atoms with E-state index in [-0.39, 0.29) is 5.69 Å². The van der Waals surface area contributed by atoms with E-state index in [1.807, 2.05) is 0 Å². The summed E-state index contributed by atoms with van der Waals surface area (Å²) in [7, 11) is 1.79. The molecule has 0 radical (unpaired) electrons. The third-order valence-electron chi connectivity index (χ3n) is 2.76. The van der Waals surface area contributed by atoms with E-state index in [4.69, 9.17) is 0 Å². The Morgan fingerprint density at radius 2 is 2.10 bits per heavy atom. The molecule has 0 saturated heterocycles. The van der Waals surface area contributed by atoms with Gasteiger partial charge in [-0.05, 0) is 18.2 Å². The van der Waals surface area contributed by atoms with Crippen LogP contribution in [-0.2, 0) is 19.6 Å². The third-order valence-corrected chi connectivity index (χ3v) is 3.25. The van der Waals surface area contributed by atoms with Gasteiger partial charge in [0.25, 0.3) is 0 Å². The molecule has 8 heteroatoms. The van der Waals surface area contributed by atoms with Crippen LogP contribution in [0.2, 0.25) is 0 Å². The minimum atomic E-state index is -4.38. The number of benzene rings is 1. The van der Waals surface area contributed by atoms with Gasteiger partial charge in [-0.1, -0.05) is 15.9 Å². The fourth-order valence-electron chi connectivity index (χ4n) is 1.75. The zero-order chi connectivity index (χ0) is 14.8. The normalized spacial score (nSPS) is 11.7. The molecule has 1 heterocycles. The van der Waals surface area contributed by atoms with Crippen LogP contribution < -0.4 is 5.32 Å². The van der Waals surface area contributed by atoms with Crippen LogP contribution in [0.25, 0.3) is 0 Å². The van der Waals surface area contributed by atoms with E-state index in [1.165, 1.54) is 12.1 Å². The van der Waals surface area contributed by atoms with Crippen LogP contribution >= 0.6 is 15.9 Å². The first-order valence-corrected chi connectivity index (χ1v) is 6.60. The molecule has 20 heavy (non-hydrogen) atoms. The van der Waals surface area contributed by atoms with Gasteiger partial charge >= 0.3 is 6.18 Å². The molecule has 0 bridgehead atoms. The molecule has 1 aromatic heterocycles. The van der Waals surface area contributed by atoms with E-state index in [9.17, 15) is 13.2 Å². The monoisotopic (exact) mass is 348 g/mol. The lowest BCUT2D eigenvalue weighted by Gasteiger charge is -2.14. The summed E-state index contributed by atoms with van der Waals surface area (Å²) >= 11 is 3.17. The highest BCUT2D eigenvalue weighted by molar-refractivity contribution is 9.10. The van der Waals surface area contributed by atoms with Gasteiger partial charge in [0.05, 0.1) is 5.56 Å². The van der Waals surface area contributed by atoms with Crippen LogP contribution in [0.3, 0.4) is 0 Å². The quantitative estimate of drug-likeness (QED) is 0.922. The number of nitrogens with zero attached hydrogens (tertiary/aromatic N) is 3. The smallest absolute Gasteiger partial charge is 0.384 e. The first kappa shape index (κ1) is 14.8. The molecule has 0 aliphatic heterocycles.